The first kappa shape index (κ1) is 21.4. The topological polar surface area (TPSA) is 73.8 Å². The molecule has 0 unspecified atom stereocenters. The number of morpholine rings is 1. The molecule has 2 aliphatic rings. The van der Waals surface area contributed by atoms with Gasteiger partial charge in [0.15, 0.2) is 5.82 Å². The van der Waals surface area contributed by atoms with Gasteiger partial charge >= 0.3 is 6.03 Å². The molecule has 0 radical (unpaired) electrons. The number of ether oxygens (including phenoxy) is 1. The number of nitrogens with zero attached hydrogens (tertiary/aromatic N) is 5. The van der Waals surface area contributed by atoms with Crippen LogP contribution in [0.5, 0.6) is 0 Å². The van der Waals surface area contributed by atoms with Crippen molar-refractivity contribution in [3.8, 4) is 0 Å². The van der Waals surface area contributed by atoms with E-state index < -0.39 is 0 Å². The molecule has 0 bridgehead atoms. The molecule has 31 heavy (non-hydrogen) atoms. The third-order valence-corrected chi connectivity index (χ3v) is 5.90. The first-order valence-electron chi connectivity index (χ1n) is 11.0. The molecule has 0 atom stereocenters. The molecule has 1 N–H and O–H groups in total. The monoisotopic (exact) mass is 424 g/mol. The standard InChI is InChI=1S/C23H32N6O2/c1-23(2,3)18-4-6-19(7-5-18)25-22(30)29-10-8-28(9-11-29)21-16-20(17-24-26-21)27-12-14-31-15-13-27/h4-7,16-17H,8-15H2,1-3H3,(H,25,30). The molecule has 0 aliphatic carbocycles. The molecule has 0 spiro atoms. The maximum absolute atomic E-state index is 12.7. The van der Waals surface area contributed by atoms with Crippen LogP contribution in [0.3, 0.4) is 0 Å². The van der Waals surface area contributed by atoms with Gasteiger partial charge < -0.3 is 24.8 Å². The third-order valence-electron chi connectivity index (χ3n) is 5.90. The summed E-state index contributed by atoms with van der Waals surface area (Å²) in [6, 6.07) is 10.1. The predicted octanol–water partition coefficient (Wildman–Crippen LogP) is 2.96. The van der Waals surface area contributed by atoms with Crippen LogP contribution in [0.25, 0.3) is 0 Å². The van der Waals surface area contributed by atoms with E-state index in [2.05, 4.69) is 64.3 Å². The Hall–Kier alpha value is -2.87. The lowest BCUT2D eigenvalue weighted by molar-refractivity contribution is 0.122. The highest BCUT2D eigenvalue weighted by atomic mass is 16.5. The molecule has 2 aromatic rings. The van der Waals surface area contributed by atoms with Crippen molar-refractivity contribution in [2.24, 2.45) is 0 Å². The third kappa shape index (κ3) is 5.25. The van der Waals surface area contributed by atoms with E-state index in [0.717, 1.165) is 56.6 Å². The van der Waals surface area contributed by atoms with Crippen molar-refractivity contribution in [2.75, 3.05) is 67.6 Å². The number of nitrogens with one attached hydrogen (secondary N) is 1. The predicted molar refractivity (Wildman–Crippen MR) is 123 cm³/mol. The van der Waals surface area contributed by atoms with Gasteiger partial charge in [-0.2, -0.15) is 5.10 Å². The van der Waals surface area contributed by atoms with Gasteiger partial charge in [0.2, 0.25) is 0 Å². The zero-order valence-electron chi connectivity index (χ0n) is 18.7. The minimum atomic E-state index is -0.0590. The van der Waals surface area contributed by atoms with E-state index in [9.17, 15) is 4.79 Å². The van der Waals surface area contributed by atoms with Gasteiger partial charge in [-0.05, 0) is 23.1 Å². The summed E-state index contributed by atoms with van der Waals surface area (Å²) in [4.78, 5) is 19.0. The van der Waals surface area contributed by atoms with Crippen LogP contribution in [0.4, 0.5) is 22.0 Å². The van der Waals surface area contributed by atoms with Crippen molar-refractivity contribution in [2.45, 2.75) is 26.2 Å². The number of carbonyl (C=O) groups is 1. The number of hydrogen-bond acceptors (Lipinski definition) is 6. The van der Waals surface area contributed by atoms with E-state index in [4.69, 9.17) is 4.74 Å². The smallest absolute Gasteiger partial charge is 0.321 e. The molecule has 2 fully saturated rings. The van der Waals surface area contributed by atoms with Crippen molar-refractivity contribution in [1.82, 2.24) is 15.1 Å². The van der Waals surface area contributed by atoms with Gasteiger partial charge in [0.25, 0.3) is 0 Å². The quantitative estimate of drug-likeness (QED) is 0.817. The molecule has 8 nitrogen and oxygen atoms in total. The summed E-state index contributed by atoms with van der Waals surface area (Å²) in [5, 5.41) is 11.5. The number of anilines is 3. The molecule has 0 saturated carbocycles. The largest absolute Gasteiger partial charge is 0.378 e. The van der Waals surface area contributed by atoms with Gasteiger partial charge in [-0.1, -0.05) is 32.9 Å². The Balaban J connectivity index is 1.32. The van der Waals surface area contributed by atoms with Crippen molar-refractivity contribution in [3.63, 3.8) is 0 Å². The van der Waals surface area contributed by atoms with E-state index in [0.29, 0.717) is 13.1 Å². The van der Waals surface area contributed by atoms with Crippen LogP contribution in [0, 0.1) is 0 Å². The van der Waals surface area contributed by atoms with Crippen LogP contribution >= 0.6 is 0 Å². The summed E-state index contributed by atoms with van der Waals surface area (Å²) in [6.45, 7) is 12.5. The van der Waals surface area contributed by atoms with Crippen molar-refractivity contribution in [3.05, 3.63) is 42.1 Å². The Kier molecular flexibility index (Phi) is 6.27. The first-order chi connectivity index (χ1) is 14.9. The molecule has 4 rings (SSSR count). The summed E-state index contributed by atoms with van der Waals surface area (Å²) in [7, 11) is 0. The highest BCUT2D eigenvalue weighted by Crippen LogP contribution is 2.24. The molecule has 2 aliphatic heterocycles. The van der Waals surface area contributed by atoms with Gasteiger partial charge in [-0.3, -0.25) is 0 Å². The van der Waals surface area contributed by atoms with E-state index in [1.54, 1.807) is 0 Å². The molecular formula is C23H32N6O2. The summed E-state index contributed by atoms with van der Waals surface area (Å²) in [5.74, 6) is 0.863. The van der Waals surface area contributed by atoms with Gasteiger partial charge in [0, 0.05) is 51.0 Å². The Morgan fingerprint density at radius 3 is 2.29 bits per heavy atom. The van der Waals surface area contributed by atoms with Crippen molar-refractivity contribution in [1.29, 1.82) is 0 Å². The summed E-state index contributed by atoms with van der Waals surface area (Å²) < 4.78 is 5.43. The molecule has 1 aromatic heterocycles. The van der Waals surface area contributed by atoms with Gasteiger partial charge in [0.05, 0.1) is 25.1 Å². The number of urea groups is 1. The average Bonchev–Trinajstić information content (AvgIpc) is 2.79. The minimum Gasteiger partial charge on any atom is -0.378 e. The van der Waals surface area contributed by atoms with Crippen LogP contribution in [0.1, 0.15) is 26.3 Å². The van der Waals surface area contributed by atoms with Crippen LogP contribution < -0.4 is 15.1 Å². The number of amides is 2. The van der Waals surface area contributed by atoms with E-state index in [1.807, 2.05) is 23.2 Å². The molecule has 3 heterocycles. The second-order valence-electron chi connectivity index (χ2n) is 9.10. The highest BCUT2D eigenvalue weighted by molar-refractivity contribution is 5.89. The fourth-order valence-corrected chi connectivity index (χ4v) is 3.89. The van der Waals surface area contributed by atoms with Gasteiger partial charge in [0.1, 0.15) is 0 Å². The van der Waals surface area contributed by atoms with E-state index in [1.165, 1.54) is 5.56 Å². The van der Waals surface area contributed by atoms with Gasteiger partial charge in [-0.25, -0.2) is 4.79 Å². The second kappa shape index (κ2) is 9.09. The number of carbonyl (C=O) groups excluding carboxylic acids is 1. The minimum absolute atomic E-state index is 0.0590. The summed E-state index contributed by atoms with van der Waals surface area (Å²) in [6.07, 6.45) is 1.81. The maximum atomic E-state index is 12.7. The summed E-state index contributed by atoms with van der Waals surface area (Å²) in [5.41, 5.74) is 3.25. The van der Waals surface area contributed by atoms with Crippen LogP contribution in [-0.2, 0) is 10.2 Å². The van der Waals surface area contributed by atoms with Crippen molar-refractivity contribution >= 4 is 23.2 Å². The molecule has 2 amide bonds. The van der Waals surface area contributed by atoms with Crippen LogP contribution in [0.15, 0.2) is 36.5 Å². The second-order valence-corrected chi connectivity index (χ2v) is 9.10. The number of rotatable bonds is 3. The average molecular weight is 425 g/mol. The fraction of sp³-hybridized carbons (Fsp3) is 0.522. The van der Waals surface area contributed by atoms with Crippen molar-refractivity contribution < 1.29 is 9.53 Å². The summed E-state index contributed by atoms with van der Waals surface area (Å²) >= 11 is 0. The number of benzene rings is 1. The molecule has 8 heteroatoms. The number of aromatic nitrogens is 2. The number of piperazine rings is 1. The molecular weight excluding hydrogens is 392 g/mol. The Bertz CT molecular complexity index is 882. The lowest BCUT2D eigenvalue weighted by Crippen LogP contribution is -2.50. The lowest BCUT2D eigenvalue weighted by Gasteiger charge is -2.35. The highest BCUT2D eigenvalue weighted by Gasteiger charge is 2.23. The zero-order chi connectivity index (χ0) is 21.8. The molecule has 1 aromatic carbocycles. The Morgan fingerprint density at radius 2 is 1.65 bits per heavy atom. The molecule has 2 saturated heterocycles. The maximum Gasteiger partial charge on any atom is 0.321 e. The van der Waals surface area contributed by atoms with E-state index >= 15 is 0 Å². The first-order valence-corrected chi connectivity index (χ1v) is 11.0. The molecule has 166 valence electrons. The van der Waals surface area contributed by atoms with Crippen LogP contribution in [0.2, 0.25) is 0 Å². The Labute approximate surface area is 184 Å². The Morgan fingerprint density at radius 1 is 0.968 bits per heavy atom. The van der Waals surface area contributed by atoms with E-state index in [-0.39, 0.29) is 11.4 Å². The van der Waals surface area contributed by atoms with Crippen LogP contribution in [-0.4, -0.2) is 73.6 Å². The SMILES string of the molecule is CC(C)(C)c1ccc(NC(=O)N2CCN(c3cc(N4CCOCC4)cnn3)CC2)cc1. The van der Waals surface area contributed by atoms with Gasteiger partial charge in [-0.15, -0.1) is 5.10 Å². The zero-order valence-corrected chi connectivity index (χ0v) is 18.7. The lowest BCUT2D eigenvalue weighted by atomic mass is 9.87. The number of hydrogen-bond donors (Lipinski definition) is 1. The normalized spacial score (nSPS) is 17.6. The fourth-order valence-electron chi connectivity index (χ4n) is 3.89.